The van der Waals surface area contributed by atoms with E-state index >= 15 is 0 Å². The molecule has 2 atom stereocenters. The van der Waals surface area contributed by atoms with Gasteiger partial charge >= 0.3 is 0 Å². The number of fused-ring (bicyclic) bond motifs is 5. The second-order valence-electron chi connectivity index (χ2n) is 9.64. The van der Waals surface area contributed by atoms with E-state index in [9.17, 15) is 9.59 Å². The van der Waals surface area contributed by atoms with Gasteiger partial charge in [0.15, 0.2) is 11.5 Å². The highest BCUT2D eigenvalue weighted by atomic mass is 16.7. The van der Waals surface area contributed by atoms with Crippen LogP contribution in [0, 0.1) is 0 Å². The molecule has 1 N–H and O–H groups in total. The standard InChI is InChI=1S/C29H25N3O5/c1-35-19-6-4-5-18(12-19)28-27-21(20-7-2-3-8-22(20)30-27)13-23-29(34)31(15-26(33)32(23)28)14-17-9-10-24-25(11-17)37-16-36-24/h2-12,23,28,30H,13-16H2,1H3/t23-,28?/m0/s1. The van der Waals surface area contributed by atoms with Gasteiger partial charge in [0.2, 0.25) is 18.6 Å². The number of nitrogens with zero attached hydrogens (tertiary/aromatic N) is 2. The number of aromatic amines is 1. The molecule has 0 saturated carbocycles. The number of rotatable bonds is 4. The minimum absolute atomic E-state index is 0.0137. The summed E-state index contributed by atoms with van der Waals surface area (Å²) in [5, 5.41) is 1.08. The predicted octanol–water partition coefficient (Wildman–Crippen LogP) is 3.79. The summed E-state index contributed by atoms with van der Waals surface area (Å²) in [5.74, 6) is 1.92. The van der Waals surface area contributed by atoms with Crippen molar-refractivity contribution < 1.29 is 23.8 Å². The average molecular weight is 496 g/mol. The van der Waals surface area contributed by atoms with E-state index in [0.29, 0.717) is 30.2 Å². The van der Waals surface area contributed by atoms with Gasteiger partial charge in [-0.3, -0.25) is 9.59 Å². The van der Waals surface area contributed by atoms with Gasteiger partial charge in [-0.25, -0.2) is 0 Å². The zero-order valence-electron chi connectivity index (χ0n) is 20.3. The molecular weight excluding hydrogens is 470 g/mol. The molecule has 4 aromatic rings. The number of piperazine rings is 1. The van der Waals surface area contributed by atoms with E-state index in [1.165, 1.54) is 0 Å². The SMILES string of the molecule is COc1cccc(C2c3[nH]c4ccccc4c3C[C@H]3C(=O)N(Cc4ccc5c(c4)OCO5)CC(=O)N23)c1. The third kappa shape index (κ3) is 3.43. The van der Waals surface area contributed by atoms with Crippen LogP contribution in [0.25, 0.3) is 10.9 Å². The first kappa shape index (κ1) is 21.8. The molecule has 1 unspecified atom stereocenters. The van der Waals surface area contributed by atoms with Crippen molar-refractivity contribution in [3.63, 3.8) is 0 Å². The number of hydrogen-bond donors (Lipinski definition) is 1. The van der Waals surface area contributed by atoms with Crippen molar-refractivity contribution in [1.82, 2.24) is 14.8 Å². The highest BCUT2D eigenvalue weighted by Gasteiger charge is 2.48. The Morgan fingerprint density at radius 2 is 1.86 bits per heavy atom. The Bertz CT molecular complexity index is 1560. The molecule has 2 amide bonds. The van der Waals surface area contributed by atoms with Gasteiger partial charge in [-0.05, 0) is 47.0 Å². The first-order valence-corrected chi connectivity index (χ1v) is 12.3. The van der Waals surface area contributed by atoms with E-state index in [4.69, 9.17) is 14.2 Å². The highest BCUT2D eigenvalue weighted by molar-refractivity contribution is 5.97. The number of amides is 2. The van der Waals surface area contributed by atoms with Gasteiger partial charge in [-0.15, -0.1) is 0 Å². The Balaban J connectivity index is 1.30. The van der Waals surface area contributed by atoms with Crippen molar-refractivity contribution in [3.05, 3.63) is 89.1 Å². The molecule has 3 aromatic carbocycles. The van der Waals surface area contributed by atoms with Crippen molar-refractivity contribution >= 4 is 22.7 Å². The van der Waals surface area contributed by atoms with Gasteiger partial charge in [-0.2, -0.15) is 0 Å². The third-order valence-electron chi connectivity index (χ3n) is 7.56. The summed E-state index contributed by atoms with van der Waals surface area (Å²) in [4.78, 5) is 34.7. The maximum Gasteiger partial charge on any atom is 0.246 e. The molecule has 1 fully saturated rings. The quantitative estimate of drug-likeness (QED) is 0.466. The number of hydrogen-bond acceptors (Lipinski definition) is 5. The summed E-state index contributed by atoms with van der Waals surface area (Å²) >= 11 is 0. The molecule has 0 aliphatic carbocycles. The van der Waals surface area contributed by atoms with Crippen molar-refractivity contribution in [1.29, 1.82) is 0 Å². The molecule has 4 heterocycles. The molecule has 8 nitrogen and oxygen atoms in total. The molecular formula is C29H25N3O5. The molecule has 3 aliphatic heterocycles. The molecule has 7 rings (SSSR count). The van der Waals surface area contributed by atoms with Crippen molar-refractivity contribution in [3.8, 4) is 17.2 Å². The molecule has 0 spiro atoms. The summed E-state index contributed by atoms with van der Waals surface area (Å²) in [6, 6.07) is 20.4. The molecule has 8 heteroatoms. The Morgan fingerprint density at radius 1 is 1.00 bits per heavy atom. The van der Waals surface area contributed by atoms with Crippen molar-refractivity contribution in [2.75, 3.05) is 20.4 Å². The molecule has 1 saturated heterocycles. The lowest BCUT2D eigenvalue weighted by Crippen LogP contribution is -2.62. The average Bonchev–Trinajstić information content (AvgIpc) is 3.54. The van der Waals surface area contributed by atoms with E-state index in [-0.39, 0.29) is 25.2 Å². The molecule has 3 aliphatic rings. The zero-order chi connectivity index (χ0) is 25.1. The first-order chi connectivity index (χ1) is 18.1. The van der Waals surface area contributed by atoms with E-state index in [1.54, 1.807) is 16.9 Å². The Hall–Kier alpha value is -4.46. The number of methoxy groups -OCH3 is 1. The smallest absolute Gasteiger partial charge is 0.246 e. The Kier molecular flexibility index (Phi) is 4.89. The second kappa shape index (κ2) is 8.30. The maximum atomic E-state index is 14.0. The molecule has 1 aromatic heterocycles. The lowest BCUT2D eigenvalue weighted by atomic mass is 9.86. The Labute approximate surface area is 213 Å². The topological polar surface area (TPSA) is 84.1 Å². The minimum atomic E-state index is -0.599. The summed E-state index contributed by atoms with van der Waals surface area (Å²) in [7, 11) is 1.63. The number of H-pyrrole nitrogens is 1. The number of ether oxygens (including phenoxy) is 3. The fourth-order valence-electron chi connectivity index (χ4n) is 5.87. The van der Waals surface area contributed by atoms with Crippen LogP contribution < -0.4 is 14.2 Å². The largest absolute Gasteiger partial charge is 0.497 e. The number of nitrogens with one attached hydrogen (secondary N) is 1. The lowest BCUT2D eigenvalue weighted by molar-refractivity contribution is -0.159. The number of carbonyl (C=O) groups excluding carboxylic acids is 2. The number of benzene rings is 3. The van der Waals surface area contributed by atoms with Crippen LogP contribution in [0.3, 0.4) is 0 Å². The summed E-state index contributed by atoms with van der Waals surface area (Å²) < 4.78 is 16.4. The fraction of sp³-hybridized carbons (Fsp3) is 0.241. The van der Waals surface area contributed by atoms with Crippen LogP contribution >= 0.6 is 0 Å². The summed E-state index contributed by atoms with van der Waals surface area (Å²) in [6.07, 6.45) is 0.460. The summed E-state index contributed by atoms with van der Waals surface area (Å²) in [5.41, 5.74) is 4.83. The molecule has 0 radical (unpaired) electrons. The van der Waals surface area contributed by atoms with E-state index in [2.05, 4.69) is 11.1 Å². The third-order valence-corrected chi connectivity index (χ3v) is 7.56. The zero-order valence-corrected chi connectivity index (χ0v) is 20.3. The van der Waals surface area contributed by atoms with Crippen LogP contribution in [0.4, 0.5) is 0 Å². The summed E-state index contributed by atoms with van der Waals surface area (Å²) in [6.45, 7) is 0.533. The van der Waals surface area contributed by atoms with Crippen LogP contribution in [0.1, 0.15) is 28.4 Å². The highest BCUT2D eigenvalue weighted by Crippen LogP contribution is 2.43. The van der Waals surface area contributed by atoms with Crippen LogP contribution in [0.5, 0.6) is 17.2 Å². The van der Waals surface area contributed by atoms with Gasteiger partial charge in [0, 0.05) is 29.6 Å². The first-order valence-electron chi connectivity index (χ1n) is 12.3. The lowest BCUT2D eigenvalue weighted by Gasteiger charge is -2.47. The number of para-hydroxylation sites is 1. The minimum Gasteiger partial charge on any atom is -0.497 e. The normalized spacial score (nSPS) is 20.2. The fourth-order valence-corrected chi connectivity index (χ4v) is 5.87. The van der Waals surface area contributed by atoms with Crippen LogP contribution in [0.15, 0.2) is 66.7 Å². The number of aromatic nitrogens is 1. The van der Waals surface area contributed by atoms with Crippen LogP contribution in [0.2, 0.25) is 0 Å². The number of carbonyl (C=O) groups is 2. The van der Waals surface area contributed by atoms with Crippen LogP contribution in [-0.4, -0.2) is 53.1 Å². The van der Waals surface area contributed by atoms with Crippen molar-refractivity contribution in [2.24, 2.45) is 0 Å². The van der Waals surface area contributed by atoms with E-state index in [0.717, 1.165) is 33.3 Å². The van der Waals surface area contributed by atoms with Gasteiger partial charge in [-0.1, -0.05) is 36.4 Å². The van der Waals surface area contributed by atoms with Gasteiger partial charge < -0.3 is 29.0 Å². The van der Waals surface area contributed by atoms with Crippen LogP contribution in [-0.2, 0) is 22.6 Å². The van der Waals surface area contributed by atoms with E-state index < -0.39 is 12.1 Å². The predicted molar refractivity (Wildman–Crippen MR) is 135 cm³/mol. The van der Waals surface area contributed by atoms with Gasteiger partial charge in [0.25, 0.3) is 0 Å². The monoisotopic (exact) mass is 495 g/mol. The molecule has 37 heavy (non-hydrogen) atoms. The maximum absolute atomic E-state index is 14.0. The molecule has 186 valence electrons. The van der Waals surface area contributed by atoms with Gasteiger partial charge in [0.1, 0.15) is 18.3 Å². The molecule has 0 bridgehead atoms. The Morgan fingerprint density at radius 3 is 2.76 bits per heavy atom. The second-order valence-corrected chi connectivity index (χ2v) is 9.64. The van der Waals surface area contributed by atoms with Crippen molar-refractivity contribution in [2.45, 2.75) is 25.0 Å². The van der Waals surface area contributed by atoms with E-state index in [1.807, 2.05) is 60.7 Å². The van der Waals surface area contributed by atoms with Gasteiger partial charge in [0.05, 0.1) is 13.2 Å².